The average Bonchev–Trinajstić information content (AvgIpc) is 3.19. The molecule has 4 amide bonds. The van der Waals surface area contributed by atoms with Crippen molar-refractivity contribution < 1.29 is 14.4 Å². The number of benzene rings is 1. The zero-order chi connectivity index (χ0) is 19.4. The molecule has 3 rings (SSSR count). The standard InChI is InChI=1S/C20H26BrN3O3/c1-14(4-5-15-6-8-16(21)9-7-15)22-17(25)10-13-24-18(26)20(23-19(24)27)11-2-3-12-20/h6-9,14H,2-5,10-13H2,1H3,(H,22,25)(H,23,27). The molecule has 0 aromatic heterocycles. The van der Waals surface area contributed by atoms with Crippen LogP contribution in [0.25, 0.3) is 0 Å². The maximum atomic E-state index is 12.6. The van der Waals surface area contributed by atoms with Gasteiger partial charge in [-0.2, -0.15) is 0 Å². The van der Waals surface area contributed by atoms with Crippen LogP contribution >= 0.6 is 15.9 Å². The molecule has 1 aromatic rings. The highest BCUT2D eigenvalue weighted by Crippen LogP contribution is 2.35. The van der Waals surface area contributed by atoms with E-state index in [1.165, 1.54) is 10.5 Å². The van der Waals surface area contributed by atoms with E-state index in [4.69, 9.17) is 0 Å². The third-order valence-corrected chi connectivity index (χ3v) is 5.98. The van der Waals surface area contributed by atoms with Crippen LogP contribution in [-0.4, -0.2) is 40.9 Å². The average molecular weight is 436 g/mol. The molecule has 0 radical (unpaired) electrons. The molecule has 2 N–H and O–H groups in total. The van der Waals surface area contributed by atoms with Gasteiger partial charge in [-0.15, -0.1) is 0 Å². The zero-order valence-corrected chi connectivity index (χ0v) is 17.2. The highest BCUT2D eigenvalue weighted by Gasteiger charge is 2.52. The molecular weight excluding hydrogens is 410 g/mol. The van der Waals surface area contributed by atoms with Gasteiger partial charge in [0.25, 0.3) is 5.91 Å². The van der Waals surface area contributed by atoms with Crippen LogP contribution in [0.15, 0.2) is 28.7 Å². The van der Waals surface area contributed by atoms with Gasteiger partial charge in [-0.1, -0.05) is 40.9 Å². The van der Waals surface area contributed by atoms with Gasteiger partial charge in [0.15, 0.2) is 0 Å². The number of nitrogens with zero attached hydrogens (tertiary/aromatic N) is 1. The number of carbonyl (C=O) groups is 3. The molecule has 1 heterocycles. The number of urea groups is 1. The number of carbonyl (C=O) groups excluding carboxylic acids is 3. The van der Waals surface area contributed by atoms with Crippen LogP contribution in [0.2, 0.25) is 0 Å². The molecule has 1 aliphatic carbocycles. The summed E-state index contributed by atoms with van der Waals surface area (Å²) in [6.45, 7) is 2.11. The van der Waals surface area contributed by atoms with E-state index in [9.17, 15) is 14.4 Å². The molecule has 0 bridgehead atoms. The Balaban J connectivity index is 1.42. The molecule has 6 nitrogen and oxygen atoms in total. The molecule has 146 valence electrons. The Bertz CT molecular complexity index is 714. The number of imide groups is 1. The SMILES string of the molecule is CC(CCc1ccc(Br)cc1)NC(=O)CCN1C(=O)NC2(CCCC2)C1=O. The first-order chi connectivity index (χ1) is 12.9. The summed E-state index contributed by atoms with van der Waals surface area (Å²) >= 11 is 3.42. The second kappa shape index (κ2) is 8.42. The molecule has 7 heteroatoms. The van der Waals surface area contributed by atoms with E-state index in [1.807, 2.05) is 19.1 Å². The third kappa shape index (κ3) is 4.69. The first kappa shape index (κ1) is 19.9. The van der Waals surface area contributed by atoms with Crippen molar-refractivity contribution in [3.63, 3.8) is 0 Å². The number of nitrogens with one attached hydrogen (secondary N) is 2. The number of rotatable bonds is 7. The summed E-state index contributed by atoms with van der Waals surface area (Å²) in [5, 5.41) is 5.80. The van der Waals surface area contributed by atoms with Gasteiger partial charge in [0.05, 0.1) is 0 Å². The summed E-state index contributed by atoms with van der Waals surface area (Å²) in [5.41, 5.74) is 0.520. The van der Waals surface area contributed by atoms with Gasteiger partial charge in [0.2, 0.25) is 5.91 Å². The lowest BCUT2D eigenvalue weighted by Gasteiger charge is -2.20. The van der Waals surface area contributed by atoms with Crippen molar-refractivity contribution in [2.75, 3.05) is 6.54 Å². The fraction of sp³-hybridized carbons (Fsp3) is 0.550. The topological polar surface area (TPSA) is 78.5 Å². The lowest BCUT2D eigenvalue weighted by Crippen LogP contribution is -2.44. The van der Waals surface area contributed by atoms with Crippen molar-refractivity contribution in [2.45, 2.75) is 63.5 Å². The van der Waals surface area contributed by atoms with Crippen LogP contribution in [-0.2, 0) is 16.0 Å². The molecule has 1 aliphatic heterocycles. The Labute approximate surface area is 168 Å². The maximum absolute atomic E-state index is 12.6. The summed E-state index contributed by atoms with van der Waals surface area (Å²) in [4.78, 5) is 38.1. The van der Waals surface area contributed by atoms with Crippen LogP contribution in [0.4, 0.5) is 4.79 Å². The van der Waals surface area contributed by atoms with Crippen molar-refractivity contribution in [1.82, 2.24) is 15.5 Å². The second-order valence-electron chi connectivity index (χ2n) is 7.56. The molecule has 1 saturated carbocycles. The van der Waals surface area contributed by atoms with Gasteiger partial charge in [-0.25, -0.2) is 4.79 Å². The number of hydrogen-bond donors (Lipinski definition) is 2. The number of halogens is 1. The van der Waals surface area contributed by atoms with Crippen LogP contribution in [0.5, 0.6) is 0 Å². The van der Waals surface area contributed by atoms with Gasteiger partial charge < -0.3 is 10.6 Å². The fourth-order valence-electron chi connectivity index (χ4n) is 3.86. The Morgan fingerprint density at radius 1 is 1.26 bits per heavy atom. The van der Waals surface area contributed by atoms with E-state index in [0.717, 1.165) is 30.2 Å². The highest BCUT2D eigenvalue weighted by molar-refractivity contribution is 9.10. The van der Waals surface area contributed by atoms with E-state index in [0.29, 0.717) is 12.8 Å². The van der Waals surface area contributed by atoms with Crippen LogP contribution in [0, 0.1) is 0 Å². The van der Waals surface area contributed by atoms with Gasteiger partial charge in [-0.3, -0.25) is 14.5 Å². The zero-order valence-electron chi connectivity index (χ0n) is 15.6. The van der Waals surface area contributed by atoms with E-state index >= 15 is 0 Å². The molecular formula is C20H26BrN3O3. The highest BCUT2D eigenvalue weighted by atomic mass is 79.9. The quantitative estimate of drug-likeness (QED) is 0.645. The second-order valence-corrected chi connectivity index (χ2v) is 8.48. The predicted octanol–water partition coefficient (Wildman–Crippen LogP) is 3.14. The molecule has 2 aliphatic rings. The molecule has 1 spiro atoms. The summed E-state index contributed by atoms with van der Waals surface area (Å²) < 4.78 is 1.05. The van der Waals surface area contributed by atoms with Crippen molar-refractivity contribution >= 4 is 33.8 Å². The third-order valence-electron chi connectivity index (χ3n) is 5.45. The molecule has 1 aromatic carbocycles. The molecule has 1 unspecified atom stereocenters. The largest absolute Gasteiger partial charge is 0.354 e. The molecule has 2 fully saturated rings. The Kier molecular flexibility index (Phi) is 6.19. The summed E-state index contributed by atoms with van der Waals surface area (Å²) in [7, 11) is 0. The first-order valence-electron chi connectivity index (χ1n) is 9.57. The normalized spacial score (nSPS) is 19.4. The summed E-state index contributed by atoms with van der Waals surface area (Å²) in [5.74, 6) is -0.299. The lowest BCUT2D eigenvalue weighted by molar-refractivity contribution is -0.131. The van der Waals surface area contributed by atoms with E-state index < -0.39 is 5.54 Å². The minimum atomic E-state index is -0.703. The Hall–Kier alpha value is -1.89. The minimum absolute atomic E-state index is 0.0328. The van der Waals surface area contributed by atoms with Gasteiger partial charge in [0, 0.05) is 23.5 Å². The Morgan fingerprint density at radius 2 is 1.93 bits per heavy atom. The molecule has 1 atom stereocenters. The molecule has 1 saturated heterocycles. The number of hydrogen-bond acceptors (Lipinski definition) is 3. The van der Waals surface area contributed by atoms with Gasteiger partial charge >= 0.3 is 6.03 Å². The summed E-state index contributed by atoms with van der Waals surface area (Å²) in [6.07, 6.45) is 5.16. The maximum Gasteiger partial charge on any atom is 0.325 e. The van der Waals surface area contributed by atoms with Gasteiger partial charge in [0.1, 0.15) is 5.54 Å². The number of aryl methyl sites for hydroxylation is 1. The van der Waals surface area contributed by atoms with Crippen LogP contribution in [0.1, 0.15) is 51.0 Å². The fourth-order valence-corrected chi connectivity index (χ4v) is 4.13. The smallest absolute Gasteiger partial charge is 0.325 e. The predicted molar refractivity (Wildman–Crippen MR) is 106 cm³/mol. The van der Waals surface area contributed by atoms with Crippen molar-refractivity contribution in [3.8, 4) is 0 Å². The van der Waals surface area contributed by atoms with Gasteiger partial charge in [-0.05, 0) is 50.3 Å². The minimum Gasteiger partial charge on any atom is -0.354 e. The van der Waals surface area contributed by atoms with E-state index in [1.54, 1.807) is 0 Å². The monoisotopic (exact) mass is 435 g/mol. The summed E-state index contributed by atoms with van der Waals surface area (Å²) in [6, 6.07) is 7.81. The van der Waals surface area contributed by atoms with Crippen LogP contribution in [0.3, 0.4) is 0 Å². The van der Waals surface area contributed by atoms with Crippen molar-refractivity contribution in [3.05, 3.63) is 34.3 Å². The first-order valence-corrected chi connectivity index (χ1v) is 10.4. The van der Waals surface area contributed by atoms with Crippen molar-refractivity contribution in [1.29, 1.82) is 0 Å². The molecule has 27 heavy (non-hydrogen) atoms. The number of amides is 4. The lowest BCUT2D eigenvalue weighted by atomic mass is 9.98. The van der Waals surface area contributed by atoms with E-state index in [2.05, 4.69) is 38.7 Å². The van der Waals surface area contributed by atoms with Crippen molar-refractivity contribution in [2.24, 2.45) is 0 Å². The van der Waals surface area contributed by atoms with E-state index in [-0.39, 0.29) is 36.9 Å². The van der Waals surface area contributed by atoms with Crippen LogP contribution < -0.4 is 10.6 Å². The Morgan fingerprint density at radius 3 is 2.59 bits per heavy atom.